The maximum absolute atomic E-state index is 10.9. The number of carbonyl (C=O) groups is 1. The molecule has 0 atom stereocenters. The molecular formula is C10H11N3O. The minimum absolute atomic E-state index is 0.141. The lowest BCUT2D eigenvalue weighted by Gasteiger charge is -1.97. The topological polar surface area (TPSA) is 47.8 Å². The molecule has 2 rings (SSSR count). The third-order valence-electron chi connectivity index (χ3n) is 2.06. The fourth-order valence-corrected chi connectivity index (χ4v) is 1.44. The van der Waals surface area contributed by atoms with Crippen molar-refractivity contribution in [3.63, 3.8) is 0 Å². The fourth-order valence-electron chi connectivity index (χ4n) is 1.44. The highest BCUT2D eigenvalue weighted by atomic mass is 16.1. The molecule has 0 fully saturated rings. The maximum atomic E-state index is 10.9. The van der Waals surface area contributed by atoms with Gasteiger partial charge in [-0.05, 0) is 18.6 Å². The molecular weight excluding hydrogens is 178 g/mol. The number of Topliss-reactive ketones (excluding diaryl/α,β-unsaturated/α-hetero) is 1. The molecule has 14 heavy (non-hydrogen) atoms. The minimum Gasteiger partial charge on any atom is -0.318 e. The smallest absolute Gasteiger partial charge is 0.159 e. The predicted octanol–water partition coefficient (Wildman–Crippen LogP) is 1.10. The first-order valence-corrected chi connectivity index (χ1v) is 4.42. The number of hydrogen-bond acceptors (Lipinski definition) is 3. The van der Waals surface area contributed by atoms with Gasteiger partial charge in [0.1, 0.15) is 11.3 Å². The molecule has 0 aliphatic carbocycles. The van der Waals surface area contributed by atoms with E-state index in [0.717, 1.165) is 16.7 Å². The van der Waals surface area contributed by atoms with Crippen LogP contribution >= 0.6 is 0 Å². The maximum Gasteiger partial charge on any atom is 0.159 e. The van der Waals surface area contributed by atoms with Crippen molar-refractivity contribution in [2.24, 2.45) is 7.05 Å². The Hall–Kier alpha value is -1.71. The number of hydrogen-bond donors (Lipinski definition) is 0. The highest BCUT2D eigenvalue weighted by Crippen LogP contribution is 2.10. The van der Waals surface area contributed by atoms with Crippen molar-refractivity contribution in [3.8, 4) is 0 Å². The van der Waals surface area contributed by atoms with Gasteiger partial charge in [0.2, 0.25) is 0 Å². The van der Waals surface area contributed by atoms with E-state index in [4.69, 9.17) is 0 Å². The Morgan fingerprint density at radius 3 is 3.00 bits per heavy atom. The van der Waals surface area contributed by atoms with Gasteiger partial charge in [0.25, 0.3) is 0 Å². The molecule has 0 amide bonds. The van der Waals surface area contributed by atoms with Crippen molar-refractivity contribution >= 4 is 16.9 Å². The summed E-state index contributed by atoms with van der Waals surface area (Å²) in [5, 5.41) is 0. The first-order valence-electron chi connectivity index (χ1n) is 4.42. The van der Waals surface area contributed by atoms with Crippen LogP contribution in [0.25, 0.3) is 11.2 Å². The zero-order chi connectivity index (χ0) is 10.1. The Labute approximate surface area is 81.6 Å². The molecule has 2 heterocycles. The van der Waals surface area contributed by atoms with Gasteiger partial charge >= 0.3 is 0 Å². The number of pyridine rings is 1. The van der Waals surface area contributed by atoms with E-state index in [2.05, 4.69) is 9.97 Å². The lowest BCUT2D eigenvalue weighted by Crippen LogP contribution is -1.97. The third-order valence-corrected chi connectivity index (χ3v) is 2.06. The zero-order valence-corrected chi connectivity index (χ0v) is 8.19. The van der Waals surface area contributed by atoms with Gasteiger partial charge in [0.05, 0.1) is 6.33 Å². The van der Waals surface area contributed by atoms with Crippen LogP contribution in [0.4, 0.5) is 0 Å². The van der Waals surface area contributed by atoms with Crippen LogP contribution in [0.5, 0.6) is 0 Å². The fraction of sp³-hybridized carbons (Fsp3) is 0.300. The number of aryl methyl sites for hydroxylation is 1. The molecule has 4 nitrogen and oxygen atoms in total. The van der Waals surface area contributed by atoms with Gasteiger partial charge in [0, 0.05) is 19.7 Å². The zero-order valence-electron chi connectivity index (χ0n) is 8.19. The van der Waals surface area contributed by atoms with Crippen LogP contribution in [-0.4, -0.2) is 20.3 Å². The summed E-state index contributed by atoms with van der Waals surface area (Å²) in [7, 11) is 1.90. The number of rotatable bonds is 2. The first kappa shape index (κ1) is 8.87. The summed E-state index contributed by atoms with van der Waals surface area (Å²) in [4.78, 5) is 19.3. The molecule has 0 bridgehead atoms. The second kappa shape index (κ2) is 3.21. The molecule has 2 aromatic rings. The van der Waals surface area contributed by atoms with Crippen LogP contribution < -0.4 is 0 Å². The van der Waals surface area contributed by atoms with Crippen molar-refractivity contribution in [1.29, 1.82) is 0 Å². The van der Waals surface area contributed by atoms with E-state index >= 15 is 0 Å². The van der Waals surface area contributed by atoms with Crippen molar-refractivity contribution < 1.29 is 4.79 Å². The summed E-state index contributed by atoms with van der Waals surface area (Å²) in [6, 6.07) is 1.91. The second-order valence-electron chi connectivity index (χ2n) is 3.42. The normalized spacial score (nSPS) is 10.7. The van der Waals surface area contributed by atoms with E-state index in [9.17, 15) is 4.79 Å². The van der Waals surface area contributed by atoms with E-state index < -0.39 is 0 Å². The third kappa shape index (κ3) is 1.51. The molecule has 0 saturated heterocycles. The summed E-state index contributed by atoms with van der Waals surface area (Å²) in [5.41, 5.74) is 2.60. The van der Waals surface area contributed by atoms with Gasteiger partial charge in [-0.1, -0.05) is 0 Å². The van der Waals surface area contributed by atoms with Crippen LogP contribution in [0.1, 0.15) is 12.5 Å². The van der Waals surface area contributed by atoms with Gasteiger partial charge in [0.15, 0.2) is 5.65 Å². The molecule has 0 radical (unpaired) electrons. The summed E-state index contributed by atoms with van der Waals surface area (Å²) in [6.45, 7) is 1.57. The molecule has 0 unspecified atom stereocenters. The van der Waals surface area contributed by atoms with Gasteiger partial charge in [-0.25, -0.2) is 9.97 Å². The predicted molar refractivity (Wildman–Crippen MR) is 52.9 cm³/mol. The summed E-state index contributed by atoms with van der Waals surface area (Å²) >= 11 is 0. The molecule has 0 saturated carbocycles. The van der Waals surface area contributed by atoms with Crippen LogP contribution in [0.2, 0.25) is 0 Å². The molecule has 2 aromatic heterocycles. The van der Waals surface area contributed by atoms with Crippen LogP contribution in [0.3, 0.4) is 0 Å². The van der Waals surface area contributed by atoms with E-state index in [1.165, 1.54) is 0 Å². The van der Waals surface area contributed by atoms with Crippen molar-refractivity contribution in [1.82, 2.24) is 14.5 Å². The van der Waals surface area contributed by atoms with E-state index in [-0.39, 0.29) is 5.78 Å². The average molecular weight is 189 g/mol. The number of imidazole rings is 1. The van der Waals surface area contributed by atoms with Crippen molar-refractivity contribution in [2.75, 3.05) is 0 Å². The Morgan fingerprint density at radius 2 is 2.29 bits per heavy atom. The van der Waals surface area contributed by atoms with E-state index in [0.29, 0.717) is 6.42 Å². The van der Waals surface area contributed by atoms with Gasteiger partial charge < -0.3 is 4.57 Å². The highest BCUT2D eigenvalue weighted by Gasteiger charge is 2.03. The van der Waals surface area contributed by atoms with E-state index in [1.54, 1.807) is 19.4 Å². The molecule has 72 valence electrons. The molecule has 0 aliphatic rings. The van der Waals surface area contributed by atoms with Gasteiger partial charge in [-0.15, -0.1) is 0 Å². The quantitative estimate of drug-likeness (QED) is 0.710. The Kier molecular flexibility index (Phi) is 2.04. The Balaban J connectivity index is 2.46. The Morgan fingerprint density at radius 1 is 1.50 bits per heavy atom. The lowest BCUT2D eigenvalue weighted by atomic mass is 10.1. The van der Waals surface area contributed by atoms with Gasteiger partial charge in [-0.2, -0.15) is 0 Å². The van der Waals surface area contributed by atoms with Crippen molar-refractivity contribution in [2.45, 2.75) is 13.3 Å². The van der Waals surface area contributed by atoms with Crippen LogP contribution in [-0.2, 0) is 18.3 Å². The van der Waals surface area contributed by atoms with Gasteiger partial charge in [-0.3, -0.25) is 4.79 Å². The number of carbonyl (C=O) groups excluding carboxylic acids is 1. The first-order chi connectivity index (χ1) is 6.66. The molecule has 0 N–H and O–H groups in total. The molecule has 0 aliphatic heterocycles. The minimum atomic E-state index is 0.141. The van der Waals surface area contributed by atoms with E-state index in [1.807, 2.05) is 17.7 Å². The standard InChI is InChI=1S/C10H11N3O/c1-7(14)3-8-4-9-10(11-5-8)13(2)6-12-9/h4-6H,3H2,1-2H3. The average Bonchev–Trinajstić information content (AvgIpc) is 2.46. The summed E-state index contributed by atoms with van der Waals surface area (Å²) in [5.74, 6) is 0.141. The number of nitrogens with zero attached hydrogens (tertiary/aromatic N) is 3. The van der Waals surface area contributed by atoms with Crippen LogP contribution in [0, 0.1) is 0 Å². The summed E-state index contributed by atoms with van der Waals surface area (Å²) in [6.07, 6.45) is 3.88. The molecule has 0 spiro atoms. The Bertz CT molecular complexity index is 487. The molecule has 4 heteroatoms. The molecule has 0 aromatic carbocycles. The largest absolute Gasteiger partial charge is 0.318 e. The SMILES string of the molecule is CC(=O)Cc1cnc2c(c1)ncn2C. The van der Waals surface area contributed by atoms with Crippen molar-refractivity contribution in [3.05, 3.63) is 24.2 Å². The second-order valence-corrected chi connectivity index (χ2v) is 3.42. The number of ketones is 1. The monoisotopic (exact) mass is 189 g/mol. The highest BCUT2D eigenvalue weighted by molar-refractivity contribution is 5.79. The number of fused-ring (bicyclic) bond motifs is 1. The lowest BCUT2D eigenvalue weighted by molar-refractivity contribution is -0.116. The van der Waals surface area contributed by atoms with Crippen LogP contribution in [0.15, 0.2) is 18.6 Å². The number of aromatic nitrogens is 3. The summed E-state index contributed by atoms with van der Waals surface area (Å²) < 4.78 is 1.85.